The van der Waals surface area contributed by atoms with E-state index in [1.807, 2.05) is 0 Å². The number of rotatable bonds is 2. The number of aryl methyl sites for hydroxylation is 1. The minimum absolute atomic E-state index is 0.110. The van der Waals surface area contributed by atoms with Crippen molar-refractivity contribution in [2.24, 2.45) is 0 Å². The number of benzene rings is 1. The van der Waals surface area contributed by atoms with Gasteiger partial charge in [-0.05, 0) is 43.5 Å². The lowest BCUT2D eigenvalue weighted by Gasteiger charge is -2.29. The summed E-state index contributed by atoms with van der Waals surface area (Å²) in [6.45, 7) is 1.75. The Balaban J connectivity index is 2.05. The van der Waals surface area contributed by atoms with Crippen LogP contribution < -0.4 is 5.32 Å². The zero-order valence-corrected chi connectivity index (χ0v) is 9.54. The van der Waals surface area contributed by atoms with Gasteiger partial charge < -0.3 is 10.4 Å². The zero-order chi connectivity index (χ0) is 11.5. The van der Waals surface area contributed by atoms with Crippen molar-refractivity contribution in [2.75, 3.05) is 5.32 Å². The summed E-state index contributed by atoms with van der Waals surface area (Å²) < 4.78 is 13.1. The molecule has 0 aliphatic heterocycles. The van der Waals surface area contributed by atoms with Crippen LogP contribution in [0.15, 0.2) is 18.2 Å². The van der Waals surface area contributed by atoms with E-state index in [2.05, 4.69) is 5.32 Å². The van der Waals surface area contributed by atoms with Gasteiger partial charge >= 0.3 is 0 Å². The third kappa shape index (κ3) is 2.53. The van der Waals surface area contributed by atoms with Crippen LogP contribution in [0.4, 0.5) is 10.1 Å². The lowest BCUT2D eigenvalue weighted by atomic mass is 9.92. The van der Waals surface area contributed by atoms with Gasteiger partial charge in [0.2, 0.25) is 0 Å². The molecule has 2 N–H and O–H groups in total. The maximum absolute atomic E-state index is 13.1. The average Bonchev–Trinajstić information content (AvgIpc) is 2.27. The molecule has 3 heteroatoms. The molecular weight excluding hydrogens is 205 g/mol. The van der Waals surface area contributed by atoms with E-state index >= 15 is 0 Å². The van der Waals surface area contributed by atoms with E-state index < -0.39 is 0 Å². The first kappa shape index (κ1) is 11.4. The second-order valence-electron chi connectivity index (χ2n) is 4.57. The van der Waals surface area contributed by atoms with Crippen molar-refractivity contribution in [3.8, 4) is 0 Å². The largest absolute Gasteiger partial charge is 0.391 e. The minimum Gasteiger partial charge on any atom is -0.391 e. The minimum atomic E-state index is -0.279. The molecule has 1 fully saturated rings. The molecule has 1 aromatic rings. The molecule has 0 radical (unpaired) electrons. The third-order valence-corrected chi connectivity index (χ3v) is 3.24. The predicted octanol–water partition coefficient (Wildman–Crippen LogP) is 2.85. The number of aliphatic hydroxyl groups excluding tert-OH is 1. The third-order valence-electron chi connectivity index (χ3n) is 3.24. The summed E-state index contributed by atoms with van der Waals surface area (Å²) in [5, 5.41) is 13.1. The first-order valence-electron chi connectivity index (χ1n) is 5.87. The standard InChI is InChI=1S/C13H18FNO/c1-9-8-10(6-7-11(9)14)15-12-4-2-3-5-13(12)16/h6-8,12-13,15-16H,2-5H2,1H3. The molecule has 1 aliphatic rings. The predicted molar refractivity (Wildman–Crippen MR) is 63.0 cm³/mol. The summed E-state index contributed by atoms with van der Waals surface area (Å²) in [5.41, 5.74) is 1.53. The fourth-order valence-electron chi connectivity index (χ4n) is 2.23. The average molecular weight is 223 g/mol. The number of aliphatic hydroxyl groups is 1. The number of hydrogen-bond acceptors (Lipinski definition) is 2. The van der Waals surface area contributed by atoms with E-state index in [1.54, 1.807) is 19.1 Å². The van der Waals surface area contributed by atoms with Gasteiger partial charge in [0.05, 0.1) is 12.1 Å². The van der Waals surface area contributed by atoms with Crippen LogP contribution in [0.25, 0.3) is 0 Å². The summed E-state index contributed by atoms with van der Waals surface area (Å²) in [6, 6.07) is 5.09. The highest BCUT2D eigenvalue weighted by atomic mass is 19.1. The van der Waals surface area contributed by atoms with Gasteiger partial charge in [-0.1, -0.05) is 12.8 Å². The van der Waals surface area contributed by atoms with Crippen LogP contribution in [0.1, 0.15) is 31.2 Å². The molecule has 0 aromatic heterocycles. The second kappa shape index (κ2) is 4.83. The van der Waals surface area contributed by atoms with Crippen LogP contribution in [0, 0.1) is 12.7 Å². The highest BCUT2D eigenvalue weighted by Crippen LogP contribution is 2.23. The van der Waals surface area contributed by atoms with Crippen LogP contribution in [0.3, 0.4) is 0 Å². The van der Waals surface area contributed by atoms with Crippen molar-refractivity contribution in [1.82, 2.24) is 0 Å². The Kier molecular flexibility index (Phi) is 3.44. The van der Waals surface area contributed by atoms with Crippen molar-refractivity contribution in [3.63, 3.8) is 0 Å². The monoisotopic (exact) mass is 223 g/mol. The van der Waals surface area contributed by atoms with Crippen LogP contribution in [0.5, 0.6) is 0 Å². The molecule has 16 heavy (non-hydrogen) atoms. The summed E-state index contributed by atoms with van der Waals surface area (Å²) in [7, 11) is 0. The van der Waals surface area contributed by atoms with Gasteiger partial charge in [-0.25, -0.2) is 4.39 Å². The fraction of sp³-hybridized carbons (Fsp3) is 0.538. The molecule has 2 atom stereocenters. The van der Waals surface area contributed by atoms with Gasteiger partial charge in [-0.2, -0.15) is 0 Å². The first-order chi connectivity index (χ1) is 7.66. The van der Waals surface area contributed by atoms with E-state index in [1.165, 1.54) is 6.07 Å². The fourth-order valence-corrected chi connectivity index (χ4v) is 2.23. The van der Waals surface area contributed by atoms with E-state index in [9.17, 15) is 9.50 Å². The molecule has 2 rings (SSSR count). The van der Waals surface area contributed by atoms with E-state index in [4.69, 9.17) is 0 Å². The van der Waals surface area contributed by atoms with E-state index in [0.29, 0.717) is 5.56 Å². The normalized spacial score (nSPS) is 25.4. The molecule has 0 heterocycles. The molecule has 0 spiro atoms. The highest BCUT2D eigenvalue weighted by Gasteiger charge is 2.22. The molecule has 0 amide bonds. The van der Waals surface area contributed by atoms with Gasteiger partial charge in [0.1, 0.15) is 5.82 Å². The first-order valence-corrected chi connectivity index (χ1v) is 5.87. The molecule has 88 valence electrons. The molecule has 0 saturated heterocycles. The van der Waals surface area contributed by atoms with Crippen LogP contribution in [0.2, 0.25) is 0 Å². The van der Waals surface area contributed by atoms with Crippen LogP contribution in [-0.4, -0.2) is 17.3 Å². The van der Waals surface area contributed by atoms with Gasteiger partial charge in [0.25, 0.3) is 0 Å². The summed E-state index contributed by atoms with van der Waals surface area (Å²) in [6.07, 6.45) is 3.81. The van der Waals surface area contributed by atoms with Crippen molar-refractivity contribution >= 4 is 5.69 Å². The Hall–Kier alpha value is -1.09. The Labute approximate surface area is 95.5 Å². The van der Waals surface area contributed by atoms with Crippen molar-refractivity contribution in [2.45, 2.75) is 44.8 Å². The number of nitrogens with one attached hydrogen (secondary N) is 1. The van der Waals surface area contributed by atoms with Gasteiger partial charge in [-0.3, -0.25) is 0 Å². The number of hydrogen-bond donors (Lipinski definition) is 2. The highest BCUT2D eigenvalue weighted by molar-refractivity contribution is 5.47. The topological polar surface area (TPSA) is 32.3 Å². The van der Waals surface area contributed by atoms with E-state index in [0.717, 1.165) is 31.4 Å². The maximum atomic E-state index is 13.1. The van der Waals surface area contributed by atoms with Gasteiger partial charge in [0, 0.05) is 5.69 Å². The Morgan fingerprint density at radius 3 is 2.75 bits per heavy atom. The van der Waals surface area contributed by atoms with Crippen molar-refractivity contribution in [3.05, 3.63) is 29.6 Å². The quantitative estimate of drug-likeness (QED) is 0.808. The summed E-state index contributed by atoms with van der Waals surface area (Å²) in [4.78, 5) is 0. The molecular formula is C13H18FNO. The van der Waals surface area contributed by atoms with Gasteiger partial charge in [0.15, 0.2) is 0 Å². The van der Waals surface area contributed by atoms with E-state index in [-0.39, 0.29) is 18.0 Å². The SMILES string of the molecule is Cc1cc(NC2CCCCC2O)ccc1F. The van der Waals surface area contributed by atoms with Gasteiger partial charge in [-0.15, -0.1) is 0 Å². The summed E-state index contributed by atoms with van der Waals surface area (Å²) >= 11 is 0. The van der Waals surface area contributed by atoms with Crippen molar-refractivity contribution < 1.29 is 9.50 Å². The smallest absolute Gasteiger partial charge is 0.126 e. The Morgan fingerprint density at radius 1 is 1.31 bits per heavy atom. The van der Waals surface area contributed by atoms with Crippen LogP contribution in [-0.2, 0) is 0 Å². The lowest BCUT2D eigenvalue weighted by molar-refractivity contribution is 0.116. The Morgan fingerprint density at radius 2 is 2.06 bits per heavy atom. The number of halogens is 1. The molecule has 1 aromatic carbocycles. The van der Waals surface area contributed by atoms with Crippen molar-refractivity contribution in [1.29, 1.82) is 0 Å². The number of anilines is 1. The zero-order valence-electron chi connectivity index (χ0n) is 9.54. The Bertz CT molecular complexity index is 367. The molecule has 1 aliphatic carbocycles. The molecule has 2 nitrogen and oxygen atoms in total. The maximum Gasteiger partial charge on any atom is 0.126 e. The molecule has 0 bridgehead atoms. The second-order valence-corrected chi connectivity index (χ2v) is 4.57. The lowest BCUT2D eigenvalue weighted by Crippen LogP contribution is -2.36. The van der Waals surface area contributed by atoms with Crippen LogP contribution >= 0.6 is 0 Å². The summed E-state index contributed by atoms with van der Waals surface area (Å²) in [5.74, 6) is -0.185. The molecule has 2 unspecified atom stereocenters. The molecule has 1 saturated carbocycles.